The Morgan fingerprint density at radius 1 is 1.33 bits per heavy atom. The third-order valence-corrected chi connectivity index (χ3v) is 2.92. The molecule has 2 rings (SSSR count). The van der Waals surface area contributed by atoms with Gasteiger partial charge in [0.25, 0.3) is 0 Å². The molecule has 0 aromatic heterocycles. The van der Waals surface area contributed by atoms with Gasteiger partial charge in [-0.25, -0.2) is 0 Å². The van der Waals surface area contributed by atoms with Gasteiger partial charge in [-0.3, -0.25) is 4.79 Å². The first-order valence-electron chi connectivity index (χ1n) is 5.68. The van der Waals surface area contributed by atoms with E-state index in [1.165, 1.54) is 17.5 Å². The van der Waals surface area contributed by atoms with E-state index in [0.29, 0.717) is 6.42 Å². The lowest BCUT2D eigenvalue weighted by Crippen LogP contribution is -2.18. The molecule has 2 heteroatoms. The van der Waals surface area contributed by atoms with Crippen LogP contribution in [0.4, 0.5) is 0 Å². The molecule has 1 aliphatic heterocycles. The number of aryl methyl sites for hydroxylation is 1. The van der Waals surface area contributed by atoms with Gasteiger partial charge >= 0.3 is 0 Å². The Bertz CT molecular complexity index is 342. The predicted molar refractivity (Wildman–Crippen MR) is 60.6 cm³/mol. The number of hydrogen-bond acceptors (Lipinski definition) is 1. The average molecular weight is 203 g/mol. The number of rotatable bonds is 3. The first kappa shape index (κ1) is 10.2. The molecule has 1 aliphatic rings. The fraction of sp³-hybridized carbons (Fsp3) is 0.462. The van der Waals surface area contributed by atoms with E-state index in [-0.39, 0.29) is 11.9 Å². The fourth-order valence-electron chi connectivity index (χ4n) is 2.07. The minimum Gasteiger partial charge on any atom is -0.349 e. The van der Waals surface area contributed by atoms with Gasteiger partial charge in [0.05, 0.1) is 6.04 Å². The quantitative estimate of drug-likeness (QED) is 0.803. The van der Waals surface area contributed by atoms with Crippen molar-refractivity contribution in [2.75, 3.05) is 0 Å². The Morgan fingerprint density at radius 3 is 2.60 bits per heavy atom. The molecular formula is C13H17NO. The Labute approximate surface area is 90.7 Å². The number of carbonyl (C=O) groups excluding carboxylic acids is 1. The lowest BCUT2D eigenvalue weighted by Gasteiger charge is -2.10. The van der Waals surface area contributed by atoms with Gasteiger partial charge in [-0.15, -0.1) is 0 Å². The summed E-state index contributed by atoms with van der Waals surface area (Å²) >= 11 is 0. The maximum absolute atomic E-state index is 11.1. The van der Waals surface area contributed by atoms with E-state index in [2.05, 4.69) is 36.5 Å². The molecule has 1 atom stereocenters. The van der Waals surface area contributed by atoms with Crippen molar-refractivity contribution in [3.8, 4) is 0 Å². The summed E-state index contributed by atoms with van der Waals surface area (Å²) in [6.45, 7) is 2.19. The Morgan fingerprint density at radius 2 is 2.07 bits per heavy atom. The Hall–Kier alpha value is -1.31. The minimum absolute atomic E-state index is 0.178. The molecular weight excluding hydrogens is 186 g/mol. The predicted octanol–water partition coefficient (Wildman–Crippen LogP) is 2.59. The highest BCUT2D eigenvalue weighted by molar-refractivity contribution is 5.78. The van der Waals surface area contributed by atoms with Crippen LogP contribution in [0.15, 0.2) is 24.3 Å². The first-order chi connectivity index (χ1) is 7.29. The molecule has 1 aromatic rings. The highest BCUT2D eigenvalue weighted by atomic mass is 16.1. The highest BCUT2D eigenvalue weighted by Crippen LogP contribution is 2.23. The van der Waals surface area contributed by atoms with Crippen molar-refractivity contribution in [3.63, 3.8) is 0 Å². The van der Waals surface area contributed by atoms with E-state index in [0.717, 1.165) is 12.8 Å². The van der Waals surface area contributed by atoms with E-state index in [9.17, 15) is 4.79 Å². The highest BCUT2D eigenvalue weighted by Gasteiger charge is 2.21. The van der Waals surface area contributed by atoms with Crippen molar-refractivity contribution in [2.24, 2.45) is 0 Å². The second-order valence-electron chi connectivity index (χ2n) is 4.15. The summed E-state index contributed by atoms with van der Waals surface area (Å²) in [5.41, 5.74) is 2.62. The average Bonchev–Trinajstić information content (AvgIpc) is 2.67. The van der Waals surface area contributed by atoms with Crippen LogP contribution in [0.3, 0.4) is 0 Å². The second kappa shape index (κ2) is 4.47. The van der Waals surface area contributed by atoms with Crippen molar-refractivity contribution in [1.29, 1.82) is 0 Å². The van der Waals surface area contributed by atoms with Crippen LogP contribution in [0.25, 0.3) is 0 Å². The largest absolute Gasteiger partial charge is 0.349 e. The molecule has 1 heterocycles. The van der Waals surface area contributed by atoms with E-state index in [4.69, 9.17) is 0 Å². The van der Waals surface area contributed by atoms with Crippen molar-refractivity contribution < 1.29 is 4.79 Å². The molecule has 2 nitrogen and oxygen atoms in total. The zero-order chi connectivity index (χ0) is 10.7. The maximum Gasteiger partial charge on any atom is 0.220 e. The summed E-state index contributed by atoms with van der Waals surface area (Å²) in [5.74, 6) is 0.178. The summed E-state index contributed by atoms with van der Waals surface area (Å²) in [6.07, 6.45) is 3.92. The van der Waals surface area contributed by atoms with E-state index >= 15 is 0 Å². The molecule has 15 heavy (non-hydrogen) atoms. The fourth-order valence-corrected chi connectivity index (χ4v) is 2.07. The molecule has 0 saturated carbocycles. The molecule has 1 saturated heterocycles. The van der Waals surface area contributed by atoms with Gasteiger partial charge in [-0.1, -0.05) is 37.6 Å². The molecule has 0 aliphatic carbocycles. The smallest absolute Gasteiger partial charge is 0.220 e. The molecule has 1 N–H and O–H groups in total. The van der Waals surface area contributed by atoms with Gasteiger partial charge < -0.3 is 5.32 Å². The van der Waals surface area contributed by atoms with Crippen molar-refractivity contribution in [2.45, 2.75) is 38.6 Å². The summed E-state index contributed by atoms with van der Waals surface area (Å²) in [7, 11) is 0. The van der Waals surface area contributed by atoms with E-state index in [1.807, 2.05) is 0 Å². The minimum atomic E-state index is 0.178. The summed E-state index contributed by atoms with van der Waals surface area (Å²) in [6, 6.07) is 8.86. The number of carbonyl (C=O) groups is 1. The number of amides is 1. The van der Waals surface area contributed by atoms with Crippen LogP contribution < -0.4 is 5.32 Å². The van der Waals surface area contributed by atoms with Gasteiger partial charge in [0.2, 0.25) is 5.91 Å². The van der Waals surface area contributed by atoms with Crippen LogP contribution in [0.5, 0.6) is 0 Å². The van der Waals surface area contributed by atoms with Gasteiger partial charge in [-0.05, 0) is 24.0 Å². The van der Waals surface area contributed by atoms with Gasteiger partial charge in [-0.2, -0.15) is 0 Å². The third-order valence-electron chi connectivity index (χ3n) is 2.92. The topological polar surface area (TPSA) is 29.1 Å². The zero-order valence-corrected chi connectivity index (χ0v) is 9.12. The molecule has 0 spiro atoms. The van der Waals surface area contributed by atoms with Crippen LogP contribution >= 0.6 is 0 Å². The standard InChI is InChI=1S/C13H17NO/c1-2-3-10-4-6-11(7-5-10)12-8-9-13(15)14-12/h4-7,12H,2-3,8-9H2,1H3,(H,14,15). The lowest BCUT2D eigenvalue weighted by atomic mass is 10.0. The zero-order valence-electron chi connectivity index (χ0n) is 9.12. The van der Waals surface area contributed by atoms with Crippen LogP contribution in [-0.2, 0) is 11.2 Å². The van der Waals surface area contributed by atoms with E-state index < -0.39 is 0 Å². The van der Waals surface area contributed by atoms with Crippen LogP contribution in [0.2, 0.25) is 0 Å². The molecule has 1 fully saturated rings. The molecule has 80 valence electrons. The van der Waals surface area contributed by atoms with Crippen molar-refractivity contribution in [3.05, 3.63) is 35.4 Å². The van der Waals surface area contributed by atoms with Crippen molar-refractivity contribution in [1.82, 2.24) is 5.32 Å². The number of hydrogen-bond donors (Lipinski definition) is 1. The monoisotopic (exact) mass is 203 g/mol. The van der Waals surface area contributed by atoms with Crippen LogP contribution in [0, 0.1) is 0 Å². The second-order valence-corrected chi connectivity index (χ2v) is 4.15. The number of nitrogens with one attached hydrogen (secondary N) is 1. The molecule has 0 radical (unpaired) electrons. The third kappa shape index (κ3) is 2.38. The number of benzene rings is 1. The molecule has 1 amide bonds. The van der Waals surface area contributed by atoms with Gasteiger partial charge in [0, 0.05) is 6.42 Å². The van der Waals surface area contributed by atoms with Crippen LogP contribution in [-0.4, -0.2) is 5.91 Å². The summed E-state index contributed by atoms with van der Waals surface area (Å²) in [5, 5.41) is 2.98. The Balaban J connectivity index is 2.06. The SMILES string of the molecule is CCCc1ccc(C2CCC(=O)N2)cc1. The molecule has 1 unspecified atom stereocenters. The Kier molecular flexibility index (Phi) is 3.05. The normalized spacial score (nSPS) is 20.3. The maximum atomic E-state index is 11.1. The first-order valence-corrected chi connectivity index (χ1v) is 5.68. The summed E-state index contributed by atoms with van der Waals surface area (Å²) in [4.78, 5) is 11.1. The van der Waals surface area contributed by atoms with E-state index in [1.54, 1.807) is 0 Å². The van der Waals surface area contributed by atoms with Crippen molar-refractivity contribution >= 4 is 5.91 Å². The summed E-state index contributed by atoms with van der Waals surface area (Å²) < 4.78 is 0. The van der Waals surface area contributed by atoms with Gasteiger partial charge in [0.1, 0.15) is 0 Å². The van der Waals surface area contributed by atoms with Gasteiger partial charge in [0.15, 0.2) is 0 Å². The van der Waals surface area contributed by atoms with Crippen LogP contribution in [0.1, 0.15) is 43.4 Å². The molecule has 1 aromatic carbocycles. The molecule has 0 bridgehead atoms. The lowest BCUT2D eigenvalue weighted by molar-refractivity contribution is -0.119.